The minimum Gasteiger partial charge on any atom is -0.490 e. The number of amides is 1. The van der Waals surface area contributed by atoms with Gasteiger partial charge in [-0.2, -0.15) is 5.10 Å². The molecule has 142 valence electrons. The largest absolute Gasteiger partial charge is 0.490 e. The number of nitrogens with one attached hydrogen (secondary N) is 1. The summed E-state index contributed by atoms with van der Waals surface area (Å²) in [6.45, 7) is 5.00. The Morgan fingerprint density at radius 3 is 2.52 bits per heavy atom. The molecule has 0 fully saturated rings. The minimum atomic E-state index is -0.524. The summed E-state index contributed by atoms with van der Waals surface area (Å²) in [6.07, 6.45) is 2.37. The summed E-state index contributed by atoms with van der Waals surface area (Å²) < 4.78 is 11.2. The SMILES string of the molecule is CCCOc1ccc(/C=N\NC(=O)c2ccc([N+](=O)[O-])cc2)cc1OCC. The minimum absolute atomic E-state index is 0.0797. The number of benzene rings is 2. The summed E-state index contributed by atoms with van der Waals surface area (Å²) in [4.78, 5) is 22.1. The first kappa shape index (κ1) is 19.9. The molecule has 8 nitrogen and oxygen atoms in total. The summed E-state index contributed by atoms with van der Waals surface area (Å²) >= 11 is 0. The van der Waals surface area contributed by atoms with Crippen LogP contribution in [0.3, 0.4) is 0 Å². The van der Waals surface area contributed by atoms with Crippen LogP contribution in [-0.4, -0.2) is 30.3 Å². The molecule has 0 aromatic heterocycles. The molecule has 0 saturated heterocycles. The summed E-state index contributed by atoms with van der Waals surface area (Å²) in [5.74, 6) is 0.802. The molecule has 0 bridgehead atoms. The first-order chi connectivity index (χ1) is 13.0. The molecule has 0 unspecified atom stereocenters. The van der Waals surface area contributed by atoms with Crippen molar-refractivity contribution in [1.29, 1.82) is 0 Å². The molecule has 1 N–H and O–H groups in total. The topological polar surface area (TPSA) is 103 Å². The van der Waals surface area contributed by atoms with Crippen molar-refractivity contribution in [2.75, 3.05) is 13.2 Å². The summed E-state index contributed by atoms with van der Waals surface area (Å²) in [5, 5.41) is 14.5. The van der Waals surface area contributed by atoms with Crippen LogP contribution in [0, 0.1) is 10.1 Å². The van der Waals surface area contributed by atoms with Gasteiger partial charge in [-0.1, -0.05) is 6.92 Å². The van der Waals surface area contributed by atoms with Gasteiger partial charge in [-0.05, 0) is 49.2 Å². The Morgan fingerprint density at radius 1 is 1.15 bits per heavy atom. The molecule has 27 heavy (non-hydrogen) atoms. The Hall–Kier alpha value is -3.42. The van der Waals surface area contributed by atoms with Crippen LogP contribution in [0.2, 0.25) is 0 Å². The molecular formula is C19H21N3O5. The Morgan fingerprint density at radius 2 is 1.89 bits per heavy atom. The lowest BCUT2D eigenvalue weighted by atomic mass is 10.2. The molecule has 2 aromatic carbocycles. The van der Waals surface area contributed by atoms with Crippen LogP contribution >= 0.6 is 0 Å². The Balaban J connectivity index is 2.03. The predicted octanol–water partition coefficient (Wildman–Crippen LogP) is 3.55. The first-order valence-corrected chi connectivity index (χ1v) is 8.52. The molecule has 0 saturated carbocycles. The molecule has 0 aliphatic rings. The number of hydrogen-bond acceptors (Lipinski definition) is 6. The number of ether oxygens (including phenoxy) is 2. The van der Waals surface area contributed by atoms with Crippen molar-refractivity contribution in [3.63, 3.8) is 0 Å². The van der Waals surface area contributed by atoms with Gasteiger partial charge in [0.15, 0.2) is 11.5 Å². The van der Waals surface area contributed by atoms with Gasteiger partial charge >= 0.3 is 0 Å². The molecule has 0 radical (unpaired) electrons. The van der Waals surface area contributed by atoms with E-state index in [-0.39, 0.29) is 11.3 Å². The smallest absolute Gasteiger partial charge is 0.271 e. The standard InChI is InChI=1S/C19H21N3O5/c1-3-11-27-17-10-5-14(12-18(17)26-4-2)13-20-21-19(23)15-6-8-16(9-7-15)22(24)25/h5-10,12-13H,3-4,11H2,1-2H3,(H,21,23)/b20-13-. The first-order valence-electron chi connectivity index (χ1n) is 8.52. The zero-order valence-corrected chi connectivity index (χ0v) is 15.2. The van der Waals surface area contributed by atoms with Crippen molar-refractivity contribution in [3.8, 4) is 11.5 Å². The van der Waals surface area contributed by atoms with E-state index in [1.807, 2.05) is 13.8 Å². The average Bonchev–Trinajstić information content (AvgIpc) is 2.67. The third kappa shape index (κ3) is 5.81. The second-order valence-corrected chi connectivity index (χ2v) is 5.49. The number of carbonyl (C=O) groups is 1. The number of carbonyl (C=O) groups excluding carboxylic acids is 1. The number of hydrogen-bond donors (Lipinski definition) is 1. The summed E-state index contributed by atoms with van der Waals surface area (Å²) in [6, 6.07) is 10.6. The number of nitro benzene ring substituents is 1. The molecular weight excluding hydrogens is 350 g/mol. The highest BCUT2D eigenvalue weighted by Gasteiger charge is 2.09. The molecule has 0 heterocycles. The van der Waals surface area contributed by atoms with Crippen molar-refractivity contribution >= 4 is 17.8 Å². The van der Waals surface area contributed by atoms with Crippen LogP contribution in [0.5, 0.6) is 11.5 Å². The average molecular weight is 371 g/mol. The second-order valence-electron chi connectivity index (χ2n) is 5.49. The van der Waals surface area contributed by atoms with E-state index in [0.29, 0.717) is 24.7 Å². The third-order valence-electron chi connectivity index (χ3n) is 3.45. The maximum atomic E-state index is 12.0. The summed E-state index contributed by atoms with van der Waals surface area (Å²) in [7, 11) is 0. The molecule has 2 rings (SSSR count). The van der Waals surface area contributed by atoms with E-state index in [4.69, 9.17) is 9.47 Å². The van der Waals surface area contributed by atoms with Crippen molar-refractivity contribution in [3.05, 3.63) is 63.7 Å². The molecule has 8 heteroatoms. The zero-order valence-electron chi connectivity index (χ0n) is 15.2. The highest BCUT2D eigenvalue weighted by Crippen LogP contribution is 2.28. The maximum Gasteiger partial charge on any atom is 0.271 e. The number of non-ortho nitro benzene ring substituents is 1. The highest BCUT2D eigenvalue weighted by molar-refractivity contribution is 5.95. The lowest BCUT2D eigenvalue weighted by Gasteiger charge is -2.11. The van der Waals surface area contributed by atoms with Crippen LogP contribution in [0.15, 0.2) is 47.6 Å². The third-order valence-corrected chi connectivity index (χ3v) is 3.45. The van der Waals surface area contributed by atoms with Gasteiger partial charge < -0.3 is 9.47 Å². The van der Waals surface area contributed by atoms with E-state index in [2.05, 4.69) is 10.5 Å². The molecule has 0 aliphatic heterocycles. The van der Waals surface area contributed by atoms with E-state index < -0.39 is 10.8 Å². The van der Waals surface area contributed by atoms with Crippen LogP contribution in [0.1, 0.15) is 36.2 Å². The van der Waals surface area contributed by atoms with Crippen molar-refractivity contribution in [2.45, 2.75) is 20.3 Å². The second kappa shape index (κ2) is 9.91. The number of nitro groups is 1. The lowest BCUT2D eigenvalue weighted by Crippen LogP contribution is -2.17. The molecule has 0 spiro atoms. The fourth-order valence-electron chi connectivity index (χ4n) is 2.17. The predicted molar refractivity (Wildman–Crippen MR) is 102 cm³/mol. The monoisotopic (exact) mass is 371 g/mol. The quantitative estimate of drug-likeness (QED) is 0.412. The Labute approximate surface area is 157 Å². The van der Waals surface area contributed by atoms with Gasteiger partial charge in [0, 0.05) is 17.7 Å². The van der Waals surface area contributed by atoms with Gasteiger partial charge in [0.2, 0.25) is 0 Å². The normalized spacial score (nSPS) is 10.6. The zero-order chi connectivity index (χ0) is 19.6. The van der Waals surface area contributed by atoms with E-state index in [0.717, 1.165) is 12.0 Å². The van der Waals surface area contributed by atoms with E-state index in [1.165, 1.54) is 30.5 Å². The Kier molecular flexibility index (Phi) is 7.30. The van der Waals surface area contributed by atoms with Crippen molar-refractivity contribution < 1.29 is 19.2 Å². The fourth-order valence-corrected chi connectivity index (χ4v) is 2.17. The van der Waals surface area contributed by atoms with Crippen molar-refractivity contribution in [2.24, 2.45) is 5.10 Å². The molecule has 2 aromatic rings. The molecule has 1 amide bonds. The van der Waals surface area contributed by atoms with Crippen LogP contribution in [-0.2, 0) is 0 Å². The van der Waals surface area contributed by atoms with Crippen LogP contribution in [0.25, 0.3) is 0 Å². The van der Waals surface area contributed by atoms with Gasteiger partial charge in [-0.25, -0.2) is 5.43 Å². The summed E-state index contributed by atoms with van der Waals surface area (Å²) in [5.41, 5.74) is 3.31. The van der Waals surface area contributed by atoms with Gasteiger partial charge in [-0.15, -0.1) is 0 Å². The number of rotatable bonds is 9. The highest BCUT2D eigenvalue weighted by atomic mass is 16.6. The van der Waals surface area contributed by atoms with Gasteiger partial charge in [0.1, 0.15) is 0 Å². The van der Waals surface area contributed by atoms with Crippen LogP contribution in [0.4, 0.5) is 5.69 Å². The van der Waals surface area contributed by atoms with Crippen LogP contribution < -0.4 is 14.9 Å². The van der Waals surface area contributed by atoms with Crippen molar-refractivity contribution in [1.82, 2.24) is 5.43 Å². The molecule has 0 atom stereocenters. The maximum absolute atomic E-state index is 12.0. The van der Waals surface area contributed by atoms with E-state index in [9.17, 15) is 14.9 Å². The fraction of sp³-hybridized carbons (Fsp3) is 0.263. The van der Waals surface area contributed by atoms with Gasteiger partial charge in [-0.3, -0.25) is 14.9 Å². The number of nitrogens with zero attached hydrogens (tertiary/aromatic N) is 2. The van der Waals surface area contributed by atoms with E-state index in [1.54, 1.807) is 18.2 Å². The molecule has 0 aliphatic carbocycles. The van der Waals surface area contributed by atoms with Gasteiger partial charge in [0.25, 0.3) is 11.6 Å². The van der Waals surface area contributed by atoms with Gasteiger partial charge in [0.05, 0.1) is 24.4 Å². The lowest BCUT2D eigenvalue weighted by molar-refractivity contribution is -0.384. The Bertz CT molecular complexity index is 819. The van der Waals surface area contributed by atoms with E-state index >= 15 is 0 Å². The number of hydrazone groups is 1.